The molecule has 0 spiro atoms. The van der Waals surface area contributed by atoms with Gasteiger partial charge in [-0.15, -0.1) is 0 Å². The maximum atomic E-state index is 12.2. The molecule has 2 rings (SSSR count). The van der Waals surface area contributed by atoms with Gasteiger partial charge < -0.3 is 9.32 Å². The summed E-state index contributed by atoms with van der Waals surface area (Å²) in [5.74, 6) is 0.584. The van der Waals surface area contributed by atoms with Crippen molar-refractivity contribution < 1.29 is 17.6 Å². The van der Waals surface area contributed by atoms with E-state index in [1.807, 2.05) is 13.0 Å². The molecule has 0 bridgehead atoms. The van der Waals surface area contributed by atoms with E-state index < -0.39 is 10.0 Å². The number of carbonyl (C=O) groups is 1. The summed E-state index contributed by atoms with van der Waals surface area (Å²) in [6.45, 7) is 2.86. The Morgan fingerprint density at radius 1 is 1.25 bits per heavy atom. The van der Waals surface area contributed by atoms with E-state index in [4.69, 9.17) is 4.42 Å². The largest absolute Gasteiger partial charge is 0.467 e. The third kappa shape index (κ3) is 4.56. The van der Waals surface area contributed by atoms with Crippen LogP contribution in [0.3, 0.4) is 0 Å². The van der Waals surface area contributed by atoms with Gasteiger partial charge in [0.25, 0.3) is 0 Å². The fraction of sp³-hybridized carbons (Fsp3) is 0.235. The van der Waals surface area contributed by atoms with E-state index in [2.05, 4.69) is 4.72 Å². The van der Waals surface area contributed by atoms with Crippen molar-refractivity contribution in [2.75, 3.05) is 13.6 Å². The average Bonchev–Trinajstić information content (AvgIpc) is 3.11. The maximum Gasteiger partial charge on any atom is 0.246 e. The Balaban J connectivity index is 2.05. The maximum absolute atomic E-state index is 12.2. The van der Waals surface area contributed by atoms with Crippen LogP contribution in [0.4, 0.5) is 0 Å². The zero-order chi connectivity index (χ0) is 17.6. The highest BCUT2D eigenvalue weighted by Crippen LogP contribution is 2.12. The number of sulfonamides is 1. The normalized spacial score (nSPS) is 11.8. The number of carbonyl (C=O) groups excluding carboxylic acids is 1. The first-order valence-electron chi connectivity index (χ1n) is 7.49. The summed E-state index contributed by atoms with van der Waals surface area (Å²) in [4.78, 5) is 14.1. The number of nitrogens with zero attached hydrogens (tertiary/aromatic N) is 1. The van der Waals surface area contributed by atoms with Crippen molar-refractivity contribution in [3.8, 4) is 0 Å². The predicted molar refractivity (Wildman–Crippen MR) is 91.5 cm³/mol. The van der Waals surface area contributed by atoms with Gasteiger partial charge in [0.05, 0.1) is 17.7 Å². The molecule has 0 unspecified atom stereocenters. The zero-order valence-electron chi connectivity index (χ0n) is 13.6. The van der Waals surface area contributed by atoms with Crippen molar-refractivity contribution >= 4 is 22.0 Å². The van der Waals surface area contributed by atoms with Gasteiger partial charge in [-0.2, -0.15) is 0 Å². The SMILES string of the molecule is CCN(Cc1ccco1)C(=O)C=Cc1ccc(S(=O)(=O)NC)cc1. The molecule has 24 heavy (non-hydrogen) atoms. The Morgan fingerprint density at radius 3 is 2.50 bits per heavy atom. The number of nitrogens with one attached hydrogen (secondary N) is 1. The van der Waals surface area contributed by atoms with Gasteiger partial charge in [-0.05, 0) is 49.9 Å². The Labute approximate surface area is 141 Å². The molecule has 1 amide bonds. The van der Waals surface area contributed by atoms with Crippen molar-refractivity contribution in [1.29, 1.82) is 0 Å². The molecule has 0 aliphatic heterocycles. The van der Waals surface area contributed by atoms with Crippen LogP contribution in [0, 0.1) is 0 Å². The third-order valence-electron chi connectivity index (χ3n) is 3.50. The van der Waals surface area contributed by atoms with Crippen molar-refractivity contribution in [3.63, 3.8) is 0 Å². The highest BCUT2D eigenvalue weighted by atomic mass is 32.2. The van der Waals surface area contributed by atoms with Crippen LogP contribution in [0.5, 0.6) is 0 Å². The highest BCUT2D eigenvalue weighted by molar-refractivity contribution is 7.89. The minimum atomic E-state index is -3.45. The zero-order valence-corrected chi connectivity index (χ0v) is 14.4. The number of hydrogen-bond donors (Lipinski definition) is 1. The van der Waals surface area contributed by atoms with E-state index in [1.54, 1.807) is 35.4 Å². The van der Waals surface area contributed by atoms with Crippen LogP contribution in [0.2, 0.25) is 0 Å². The van der Waals surface area contributed by atoms with Gasteiger partial charge in [0.1, 0.15) is 5.76 Å². The highest BCUT2D eigenvalue weighted by Gasteiger charge is 2.11. The summed E-state index contributed by atoms with van der Waals surface area (Å²) < 4.78 is 30.8. The fourth-order valence-corrected chi connectivity index (χ4v) is 2.82. The monoisotopic (exact) mass is 348 g/mol. The van der Waals surface area contributed by atoms with E-state index >= 15 is 0 Å². The molecule has 1 aromatic heterocycles. The van der Waals surface area contributed by atoms with Crippen molar-refractivity contribution in [2.45, 2.75) is 18.4 Å². The summed E-state index contributed by atoms with van der Waals surface area (Å²) in [6, 6.07) is 9.89. The van der Waals surface area contributed by atoms with E-state index in [-0.39, 0.29) is 10.8 Å². The second-order valence-corrected chi connectivity index (χ2v) is 6.93. The summed E-state index contributed by atoms with van der Waals surface area (Å²) >= 11 is 0. The lowest BCUT2D eigenvalue weighted by Gasteiger charge is -2.17. The number of furan rings is 1. The Hall–Kier alpha value is -2.38. The molecule has 0 atom stereocenters. The Morgan fingerprint density at radius 2 is 1.96 bits per heavy atom. The number of likely N-dealkylation sites (N-methyl/N-ethyl adjacent to an activating group) is 1. The number of benzene rings is 1. The summed E-state index contributed by atoms with van der Waals surface area (Å²) in [7, 11) is -2.09. The molecule has 0 aliphatic rings. The van der Waals surface area contributed by atoms with Gasteiger partial charge in [-0.1, -0.05) is 12.1 Å². The lowest BCUT2D eigenvalue weighted by molar-refractivity contribution is -0.126. The van der Waals surface area contributed by atoms with E-state index in [0.29, 0.717) is 13.1 Å². The molecular formula is C17H20N2O4S. The van der Waals surface area contributed by atoms with Crippen molar-refractivity contribution in [1.82, 2.24) is 9.62 Å². The van der Waals surface area contributed by atoms with Crippen LogP contribution < -0.4 is 4.72 Å². The molecule has 0 aliphatic carbocycles. The molecule has 7 heteroatoms. The van der Waals surface area contributed by atoms with Crippen LogP contribution in [-0.4, -0.2) is 32.8 Å². The molecular weight excluding hydrogens is 328 g/mol. The van der Waals surface area contributed by atoms with Gasteiger partial charge in [0.2, 0.25) is 15.9 Å². The van der Waals surface area contributed by atoms with Gasteiger partial charge in [-0.25, -0.2) is 13.1 Å². The molecule has 1 N–H and O–H groups in total. The first-order valence-corrected chi connectivity index (χ1v) is 8.97. The Bertz CT molecular complexity index is 794. The number of amides is 1. The molecule has 2 aromatic rings. The first kappa shape index (κ1) is 18.0. The molecule has 1 heterocycles. The first-order chi connectivity index (χ1) is 11.5. The molecule has 0 fully saturated rings. The van der Waals surface area contributed by atoms with E-state index in [9.17, 15) is 13.2 Å². The molecule has 0 saturated carbocycles. The van der Waals surface area contributed by atoms with Crippen LogP contribution in [0.15, 0.2) is 58.1 Å². The smallest absolute Gasteiger partial charge is 0.246 e. The van der Waals surface area contributed by atoms with Crippen LogP contribution in [0.1, 0.15) is 18.2 Å². The number of hydrogen-bond acceptors (Lipinski definition) is 4. The molecule has 6 nitrogen and oxygen atoms in total. The van der Waals surface area contributed by atoms with Gasteiger partial charge >= 0.3 is 0 Å². The predicted octanol–water partition coefficient (Wildman–Crippen LogP) is 2.25. The summed E-state index contributed by atoms with van der Waals surface area (Å²) in [5.41, 5.74) is 0.743. The fourth-order valence-electron chi connectivity index (χ4n) is 2.09. The molecule has 0 radical (unpaired) electrons. The quantitative estimate of drug-likeness (QED) is 0.778. The number of rotatable bonds is 7. The van der Waals surface area contributed by atoms with Gasteiger partial charge in [-0.3, -0.25) is 4.79 Å². The van der Waals surface area contributed by atoms with Gasteiger partial charge in [0.15, 0.2) is 0 Å². The second-order valence-electron chi connectivity index (χ2n) is 5.04. The lowest BCUT2D eigenvalue weighted by Crippen LogP contribution is -2.28. The van der Waals surface area contributed by atoms with E-state index in [1.165, 1.54) is 25.3 Å². The lowest BCUT2D eigenvalue weighted by atomic mass is 10.2. The topological polar surface area (TPSA) is 79.6 Å². The molecule has 0 saturated heterocycles. The Kier molecular flexibility index (Phi) is 5.94. The van der Waals surface area contributed by atoms with Crippen LogP contribution >= 0.6 is 0 Å². The second kappa shape index (κ2) is 7.94. The van der Waals surface area contributed by atoms with Crippen LogP contribution in [-0.2, 0) is 21.4 Å². The molecule has 1 aromatic carbocycles. The van der Waals surface area contributed by atoms with Gasteiger partial charge in [0, 0.05) is 12.6 Å². The molecule has 128 valence electrons. The minimum absolute atomic E-state index is 0.138. The minimum Gasteiger partial charge on any atom is -0.467 e. The van der Waals surface area contributed by atoms with Crippen molar-refractivity contribution in [3.05, 3.63) is 60.1 Å². The summed E-state index contributed by atoms with van der Waals surface area (Å²) in [6.07, 6.45) is 4.70. The van der Waals surface area contributed by atoms with E-state index in [0.717, 1.165) is 11.3 Å². The standard InChI is InChI=1S/C17H20N2O4S/c1-3-19(13-15-5-4-12-23-15)17(20)11-8-14-6-9-16(10-7-14)24(21,22)18-2/h4-12,18H,3,13H2,1-2H3. The van der Waals surface area contributed by atoms with Crippen molar-refractivity contribution in [2.24, 2.45) is 0 Å². The van der Waals surface area contributed by atoms with Crippen LogP contribution in [0.25, 0.3) is 6.08 Å². The summed E-state index contributed by atoms with van der Waals surface area (Å²) in [5, 5.41) is 0. The third-order valence-corrected chi connectivity index (χ3v) is 4.93. The average molecular weight is 348 g/mol.